The first-order valence-corrected chi connectivity index (χ1v) is 14.7. The van der Waals surface area contributed by atoms with Crippen molar-refractivity contribution < 1.29 is 0 Å². The SMILES string of the molecule is CC.CC(C)=CCC[C@@H](C)C1CC[C@@]2(C)C3=C(CCC12C)C1(C)CCC(C)C(C)(C)C1CC3. The second kappa shape index (κ2) is 9.50. The van der Waals surface area contributed by atoms with E-state index in [9.17, 15) is 0 Å². The van der Waals surface area contributed by atoms with E-state index in [4.69, 9.17) is 0 Å². The van der Waals surface area contributed by atoms with E-state index in [-0.39, 0.29) is 0 Å². The van der Waals surface area contributed by atoms with Crippen molar-refractivity contribution in [2.45, 2.75) is 140 Å². The summed E-state index contributed by atoms with van der Waals surface area (Å²) in [5, 5.41) is 0. The molecule has 0 radical (unpaired) electrons. The molecule has 4 aliphatic rings. The molecule has 190 valence electrons. The van der Waals surface area contributed by atoms with Gasteiger partial charge >= 0.3 is 0 Å². The molecule has 0 nitrogen and oxygen atoms in total. The van der Waals surface area contributed by atoms with Crippen LogP contribution in [-0.2, 0) is 0 Å². The molecule has 7 atom stereocenters. The third kappa shape index (κ3) is 4.12. The summed E-state index contributed by atoms with van der Waals surface area (Å²) in [6, 6.07) is 0. The topological polar surface area (TPSA) is 0 Å². The van der Waals surface area contributed by atoms with Gasteiger partial charge < -0.3 is 0 Å². The van der Waals surface area contributed by atoms with Crippen molar-refractivity contribution in [3.05, 3.63) is 22.8 Å². The molecule has 0 N–H and O–H groups in total. The Bertz CT molecular complexity index is 761. The summed E-state index contributed by atoms with van der Waals surface area (Å²) in [5.74, 6) is 3.52. The highest BCUT2D eigenvalue weighted by molar-refractivity contribution is 5.38. The van der Waals surface area contributed by atoms with Crippen LogP contribution in [0.1, 0.15) is 140 Å². The van der Waals surface area contributed by atoms with Gasteiger partial charge in [-0.15, -0.1) is 0 Å². The van der Waals surface area contributed by atoms with E-state index < -0.39 is 0 Å². The van der Waals surface area contributed by atoms with E-state index in [1.807, 2.05) is 25.0 Å². The molecule has 0 spiro atoms. The van der Waals surface area contributed by atoms with Crippen molar-refractivity contribution >= 4 is 0 Å². The highest BCUT2D eigenvalue weighted by Crippen LogP contribution is 2.72. The van der Waals surface area contributed by atoms with Crippen molar-refractivity contribution in [2.24, 2.45) is 45.3 Å². The van der Waals surface area contributed by atoms with Crippen molar-refractivity contribution in [1.82, 2.24) is 0 Å². The Balaban J connectivity index is 0.00000149. The van der Waals surface area contributed by atoms with Crippen LogP contribution in [0.15, 0.2) is 22.8 Å². The summed E-state index contributed by atoms with van der Waals surface area (Å²) >= 11 is 0. The molecule has 2 saturated carbocycles. The number of rotatable bonds is 4. The normalized spacial score (nSPS) is 42.3. The average molecular weight is 455 g/mol. The Morgan fingerprint density at radius 2 is 1.58 bits per heavy atom. The first kappa shape index (κ1) is 27.1. The molecule has 0 bridgehead atoms. The van der Waals surface area contributed by atoms with Crippen molar-refractivity contribution in [3.8, 4) is 0 Å². The maximum atomic E-state index is 2.72. The molecule has 33 heavy (non-hydrogen) atoms. The molecule has 2 fully saturated rings. The largest absolute Gasteiger partial charge is 0.0859 e. The molecule has 0 aromatic heterocycles. The van der Waals surface area contributed by atoms with E-state index in [0.717, 1.165) is 23.7 Å². The number of hydrogen-bond acceptors (Lipinski definition) is 0. The zero-order valence-electron chi connectivity index (χ0n) is 24.5. The lowest BCUT2D eigenvalue weighted by atomic mass is 9.42. The molecule has 0 heterocycles. The predicted octanol–water partition coefficient (Wildman–Crippen LogP) is 10.8. The van der Waals surface area contributed by atoms with E-state index in [0.29, 0.717) is 21.7 Å². The first-order valence-electron chi connectivity index (χ1n) is 14.7. The lowest BCUT2D eigenvalue weighted by Crippen LogP contribution is -2.53. The van der Waals surface area contributed by atoms with Crippen LogP contribution in [0.2, 0.25) is 0 Å². The van der Waals surface area contributed by atoms with Crippen LogP contribution in [0.3, 0.4) is 0 Å². The summed E-state index contributed by atoms with van der Waals surface area (Å²) in [6.45, 7) is 26.9. The van der Waals surface area contributed by atoms with Gasteiger partial charge in [-0.2, -0.15) is 0 Å². The van der Waals surface area contributed by atoms with Crippen LogP contribution in [0.4, 0.5) is 0 Å². The fourth-order valence-electron chi connectivity index (χ4n) is 9.66. The van der Waals surface area contributed by atoms with Crippen LogP contribution in [0.5, 0.6) is 0 Å². The lowest BCUT2D eigenvalue weighted by molar-refractivity contribution is -0.0482. The van der Waals surface area contributed by atoms with Gasteiger partial charge in [0.1, 0.15) is 0 Å². The van der Waals surface area contributed by atoms with Gasteiger partial charge in [-0.05, 0) is 123 Å². The Hall–Kier alpha value is -0.520. The molecule has 0 aromatic rings. The van der Waals surface area contributed by atoms with Gasteiger partial charge in [0.25, 0.3) is 0 Å². The van der Waals surface area contributed by atoms with Crippen LogP contribution in [-0.4, -0.2) is 0 Å². The second-order valence-corrected chi connectivity index (χ2v) is 14.0. The highest BCUT2D eigenvalue weighted by Gasteiger charge is 2.62. The van der Waals surface area contributed by atoms with Gasteiger partial charge in [0.05, 0.1) is 0 Å². The molecule has 0 heteroatoms. The van der Waals surface area contributed by atoms with Gasteiger partial charge in [0.2, 0.25) is 0 Å². The molecule has 0 amide bonds. The summed E-state index contributed by atoms with van der Waals surface area (Å²) in [6.07, 6.45) is 16.6. The zero-order valence-corrected chi connectivity index (χ0v) is 24.5. The summed E-state index contributed by atoms with van der Waals surface area (Å²) in [7, 11) is 0. The third-order valence-electron chi connectivity index (χ3n) is 12.2. The zero-order chi connectivity index (χ0) is 24.8. The molecule has 5 unspecified atom stereocenters. The predicted molar refractivity (Wildman–Crippen MR) is 147 cm³/mol. The lowest BCUT2D eigenvalue weighted by Gasteiger charge is -2.62. The average Bonchev–Trinajstić information content (AvgIpc) is 3.04. The minimum Gasteiger partial charge on any atom is -0.0859 e. The minimum absolute atomic E-state index is 0.456. The van der Waals surface area contributed by atoms with Crippen LogP contribution < -0.4 is 0 Å². The fraction of sp³-hybridized carbons (Fsp3) is 0.879. The van der Waals surface area contributed by atoms with Crippen molar-refractivity contribution in [3.63, 3.8) is 0 Å². The molecular formula is C33H58. The number of fused-ring (bicyclic) bond motifs is 4. The van der Waals surface area contributed by atoms with Crippen LogP contribution in [0.25, 0.3) is 0 Å². The Labute approximate surface area is 208 Å². The van der Waals surface area contributed by atoms with E-state index in [1.165, 1.54) is 69.8 Å². The Morgan fingerprint density at radius 1 is 0.909 bits per heavy atom. The molecule has 4 rings (SSSR count). The quantitative estimate of drug-likeness (QED) is 0.370. The van der Waals surface area contributed by atoms with E-state index in [2.05, 4.69) is 68.4 Å². The van der Waals surface area contributed by atoms with Gasteiger partial charge in [-0.3, -0.25) is 0 Å². The standard InChI is InChI=1S/C31H52.C2H6/c1-21(2)11-10-12-22(3)24-16-19-31(9)26-13-14-27-28(5,6)23(4)15-18-29(27,7)25(26)17-20-30(24,31)8;1-2/h11,22-24,27H,10,12-20H2,1-9H3;1-2H3/t22-,23?,24?,27?,29?,30?,31+;/m1./s1. The maximum Gasteiger partial charge on any atom is -0.00568 e. The van der Waals surface area contributed by atoms with Gasteiger partial charge in [-0.1, -0.05) is 85.1 Å². The molecule has 0 aliphatic heterocycles. The maximum absolute atomic E-state index is 2.72. The van der Waals surface area contributed by atoms with Gasteiger partial charge in [0.15, 0.2) is 0 Å². The number of allylic oxidation sites excluding steroid dienone is 4. The van der Waals surface area contributed by atoms with Crippen LogP contribution in [0, 0.1) is 45.3 Å². The summed E-state index contributed by atoms with van der Waals surface area (Å²) in [4.78, 5) is 0. The number of hydrogen-bond donors (Lipinski definition) is 0. The smallest absolute Gasteiger partial charge is 0.00568 e. The molecule has 0 aromatic carbocycles. The molecule has 0 saturated heterocycles. The second-order valence-electron chi connectivity index (χ2n) is 14.0. The van der Waals surface area contributed by atoms with Gasteiger partial charge in [0, 0.05) is 0 Å². The van der Waals surface area contributed by atoms with Crippen molar-refractivity contribution in [2.75, 3.05) is 0 Å². The Kier molecular flexibility index (Phi) is 7.80. The van der Waals surface area contributed by atoms with Crippen LogP contribution >= 0.6 is 0 Å². The van der Waals surface area contributed by atoms with E-state index >= 15 is 0 Å². The highest BCUT2D eigenvalue weighted by atomic mass is 14.7. The molecular weight excluding hydrogens is 396 g/mol. The summed E-state index contributed by atoms with van der Waals surface area (Å²) < 4.78 is 0. The van der Waals surface area contributed by atoms with Gasteiger partial charge in [-0.25, -0.2) is 0 Å². The summed E-state index contributed by atoms with van der Waals surface area (Å²) in [5.41, 5.74) is 7.34. The van der Waals surface area contributed by atoms with E-state index in [1.54, 1.807) is 0 Å². The minimum atomic E-state index is 0.456. The Morgan fingerprint density at radius 3 is 2.21 bits per heavy atom. The fourth-order valence-corrected chi connectivity index (χ4v) is 9.66. The monoisotopic (exact) mass is 454 g/mol. The third-order valence-corrected chi connectivity index (χ3v) is 12.2. The molecule has 4 aliphatic carbocycles. The first-order chi connectivity index (χ1) is 15.4. The van der Waals surface area contributed by atoms with Crippen molar-refractivity contribution in [1.29, 1.82) is 0 Å².